The van der Waals surface area contributed by atoms with Gasteiger partial charge in [-0.15, -0.1) is 21.5 Å². The minimum Gasteiger partial charge on any atom is -0.352 e. The largest absolute Gasteiger partial charge is 0.352 e. The third-order valence-corrected chi connectivity index (χ3v) is 4.46. The van der Waals surface area contributed by atoms with Crippen LogP contribution in [0.5, 0.6) is 0 Å². The molecule has 0 unspecified atom stereocenters. The van der Waals surface area contributed by atoms with Gasteiger partial charge >= 0.3 is 0 Å². The van der Waals surface area contributed by atoms with Crippen LogP contribution in [0.3, 0.4) is 0 Å². The fourth-order valence-electron chi connectivity index (χ4n) is 2.24. The van der Waals surface area contributed by atoms with E-state index < -0.39 is 0 Å². The normalized spacial score (nSPS) is 12.0. The minimum absolute atomic E-state index is 0.0350. The molecule has 0 bridgehead atoms. The Balaban J connectivity index is 1.52. The van der Waals surface area contributed by atoms with E-state index in [0.717, 1.165) is 17.5 Å². The second kappa shape index (κ2) is 7.15. The lowest BCUT2D eigenvalue weighted by molar-refractivity contribution is -0.124. The van der Waals surface area contributed by atoms with Crippen molar-refractivity contribution < 1.29 is 4.79 Å². The summed E-state index contributed by atoms with van der Waals surface area (Å²) in [6.45, 7) is 2.47. The van der Waals surface area contributed by atoms with Gasteiger partial charge in [0, 0.05) is 22.9 Å². The summed E-state index contributed by atoms with van der Waals surface area (Å²) >= 11 is 1.68. The lowest BCUT2D eigenvalue weighted by Crippen LogP contribution is -2.29. The number of benzene rings is 1. The molecule has 0 saturated heterocycles. The van der Waals surface area contributed by atoms with Gasteiger partial charge < -0.3 is 5.32 Å². The van der Waals surface area contributed by atoms with Gasteiger partial charge in [0.05, 0.1) is 0 Å². The Hall–Kier alpha value is -2.54. The van der Waals surface area contributed by atoms with Crippen LogP contribution in [0.1, 0.15) is 17.4 Å². The molecule has 1 aromatic carbocycles. The predicted octanol–water partition coefficient (Wildman–Crippen LogP) is 2.42. The summed E-state index contributed by atoms with van der Waals surface area (Å²) in [5.74, 6) is 0.595. The first-order valence-corrected chi connectivity index (χ1v) is 8.23. The van der Waals surface area contributed by atoms with Gasteiger partial charge in [0.15, 0.2) is 0 Å². The summed E-state index contributed by atoms with van der Waals surface area (Å²) in [7, 11) is 0. The summed E-state index contributed by atoms with van der Waals surface area (Å²) < 4.78 is 0. The predicted molar refractivity (Wildman–Crippen MR) is 88.6 cm³/mol. The molecule has 0 fully saturated rings. The Morgan fingerprint density at radius 3 is 2.78 bits per heavy atom. The Kier molecular flexibility index (Phi) is 4.77. The second-order valence-corrected chi connectivity index (χ2v) is 6.37. The molecule has 6 nitrogen and oxygen atoms in total. The molecule has 7 heteroatoms. The highest BCUT2D eigenvalue weighted by molar-refractivity contribution is 7.09. The molecule has 0 aliphatic rings. The van der Waals surface area contributed by atoms with Crippen LogP contribution in [0.15, 0.2) is 41.8 Å². The van der Waals surface area contributed by atoms with Crippen molar-refractivity contribution >= 4 is 17.2 Å². The van der Waals surface area contributed by atoms with Crippen LogP contribution in [0, 0.1) is 5.92 Å². The van der Waals surface area contributed by atoms with Crippen LogP contribution >= 0.6 is 11.3 Å². The maximum absolute atomic E-state index is 12.2. The summed E-state index contributed by atoms with van der Waals surface area (Å²) in [5, 5.41) is 18.8. The van der Waals surface area contributed by atoms with Crippen molar-refractivity contribution in [2.45, 2.75) is 19.9 Å². The standard InChI is InChI=1S/C16H17N5OS/c1-11(9-14-3-2-8-23-14)16(22)17-10-12-4-6-13(7-5-12)15-18-20-21-19-15/h2-8,11H,9-10H2,1H3,(H,17,22)(H,18,19,20,21)/t11-/m0/s1. The molecule has 2 N–H and O–H groups in total. The molecule has 0 radical (unpaired) electrons. The maximum Gasteiger partial charge on any atom is 0.223 e. The number of nitrogens with zero attached hydrogens (tertiary/aromatic N) is 3. The molecule has 2 aromatic heterocycles. The van der Waals surface area contributed by atoms with Crippen LogP contribution in [-0.2, 0) is 17.8 Å². The van der Waals surface area contributed by atoms with Crippen LogP contribution in [0.4, 0.5) is 0 Å². The summed E-state index contributed by atoms with van der Waals surface area (Å²) in [5.41, 5.74) is 1.92. The van der Waals surface area contributed by atoms with E-state index in [1.807, 2.05) is 42.6 Å². The summed E-state index contributed by atoms with van der Waals surface area (Å²) in [6.07, 6.45) is 0.778. The lowest BCUT2D eigenvalue weighted by atomic mass is 10.1. The highest BCUT2D eigenvalue weighted by Crippen LogP contribution is 2.16. The van der Waals surface area contributed by atoms with E-state index >= 15 is 0 Å². The number of rotatable bonds is 6. The third-order valence-electron chi connectivity index (χ3n) is 3.56. The SMILES string of the molecule is C[C@@H](Cc1cccs1)C(=O)NCc1ccc(-c2nn[nH]n2)cc1. The molecule has 1 atom stereocenters. The van der Waals surface area contributed by atoms with Gasteiger partial charge in [0.1, 0.15) is 0 Å². The van der Waals surface area contributed by atoms with Crippen molar-refractivity contribution in [2.75, 3.05) is 0 Å². The van der Waals surface area contributed by atoms with E-state index in [2.05, 4.69) is 32.0 Å². The number of amides is 1. The fraction of sp³-hybridized carbons (Fsp3) is 0.250. The van der Waals surface area contributed by atoms with Gasteiger partial charge in [-0.25, -0.2) is 0 Å². The molecular formula is C16H17N5OS. The molecule has 0 aliphatic heterocycles. The number of aromatic amines is 1. The zero-order valence-corrected chi connectivity index (χ0v) is 13.5. The van der Waals surface area contributed by atoms with E-state index in [9.17, 15) is 4.79 Å². The average molecular weight is 327 g/mol. The zero-order valence-electron chi connectivity index (χ0n) is 12.7. The van der Waals surface area contributed by atoms with Crippen molar-refractivity contribution in [2.24, 2.45) is 5.92 Å². The number of aromatic nitrogens is 4. The Morgan fingerprint density at radius 1 is 1.30 bits per heavy atom. The Labute approximate surface area is 137 Å². The van der Waals surface area contributed by atoms with E-state index in [1.165, 1.54) is 4.88 Å². The molecule has 3 aromatic rings. The van der Waals surface area contributed by atoms with Gasteiger partial charge in [0.25, 0.3) is 0 Å². The molecular weight excluding hydrogens is 310 g/mol. The van der Waals surface area contributed by atoms with E-state index in [-0.39, 0.29) is 11.8 Å². The molecule has 23 heavy (non-hydrogen) atoms. The lowest BCUT2D eigenvalue weighted by Gasteiger charge is -2.11. The first-order valence-electron chi connectivity index (χ1n) is 7.35. The van der Waals surface area contributed by atoms with Gasteiger partial charge in [0.2, 0.25) is 11.7 Å². The highest BCUT2D eigenvalue weighted by atomic mass is 32.1. The van der Waals surface area contributed by atoms with Crippen molar-refractivity contribution in [3.8, 4) is 11.4 Å². The van der Waals surface area contributed by atoms with Gasteiger partial charge in [-0.3, -0.25) is 4.79 Å². The van der Waals surface area contributed by atoms with Crippen molar-refractivity contribution in [3.63, 3.8) is 0 Å². The number of hydrogen-bond acceptors (Lipinski definition) is 5. The maximum atomic E-state index is 12.2. The average Bonchev–Trinajstić information content (AvgIpc) is 3.26. The summed E-state index contributed by atoms with van der Waals surface area (Å²) in [4.78, 5) is 13.4. The third kappa shape index (κ3) is 4.01. The van der Waals surface area contributed by atoms with Crippen LogP contribution < -0.4 is 5.32 Å². The number of hydrogen-bond donors (Lipinski definition) is 2. The zero-order chi connectivity index (χ0) is 16.1. The smallest absolute Gasteiger partial charge is 0.223 e. The number of H-pyrrole nitrogens is 1. The minimum atomic E-state index is -0.0350. The van der Waals surface area contributed by atoms with E-state index in [0.29, 0.717) is 12.4 Å². The monoisotopic (exact) mass is 327 g/mol. The first kappa shape index (κ1) is 15.4. The quantitative estimate of drug-likeness (QED) is 0.728. The summed E-state index contributed by atoms with van der Waals surface area (Å²) in [6, 6.07) is 11.8. The number of carbonyl (C=O) groups is 1. The molecule has 0 aliphatic carbocycles. The second-order valence-electron chi connectivity index (χ2n) is 5.33. The van der Waals surface area contributed by atoms with Crippen LogP contribution in [-0.4, -0.2) is 26.5 Å². The number of nitrogens with one attached hydrogen (secondary N) is 2. The van der Waals surface area contributed by atoms with Crippen LogP contribution in [0.25, 0.3) is 11.4 Å². The molecule has 0 spiro atoms. The molecule has 118 valence electrons. The molecule has 2 heterocycles. The van der Waals surface area contributed by atoms with Gasteiger partial charge in [-0.2, -0.15) is 5.21 Å². The number of thiophene rings is 1. The Morgan fingerprint density at radius 2 is 2.13 bits per heavy atom. The molecule has 0 saturated carbocycles. The number of tetrazole rings is 1. The van der Waals surface area contributed by atoms with Crippen LogP contribution in [0.2, 0.25) is 0 Å². The van der Waals surface area contributed by atoms with Crippen molar-refractivity contribution in [3.05, 3.63) is 52.2 Å². The van der Waals surface area contributed by atoms with E-state index in [4.69, 9.17) is 0 Å². The molecule has 3 rings (SSSR count). The number of carbonyl (C=O) groups excluding carboxylic acids is 1. The Bertz CT molecular complexity index is 737. The molecule has 1 amide bonds. The fourth-order valence-corrected chi connectivity index (χ4v) is 3.08. The van der Waals surface area contributed by atoms with Gasteiger partial charge in [-0.05, 0) is 28.6 Å². The highest BCUT2D eigenvalue weighted by Gasteiger charge is 2.13. The van der Waals surface area contributed by atoms with Crippen molar-refractivity contribution in [1.29, 1.82) is 0 Å². The topological polar surface area (TPSA) is 83.6 Å². The van der Waals surface area contributed by atoms with Gasteiger partial charge in [-0.1, -0.05) is 37.3 Å². The first-order chi connectivity index (χ1) is 11.2. The van der Waals surface area contributed by atoms with E-state index in [1.54, 1.807) is 11.3 Å². The van der Waals surface area contributed by atoms with Crippen molar-refractivity contribution in [1.82, 2.24) is 25.9 Å².